The third-order valence-corrected chi connectivity index (χ3v) is 4.94. The summed E-state index contributed by atoms with van der Waals surface area (Å²) < 4.78 is 6.79. The number of benzene rings is 1. The second-order valence-electron chi connectivity index (χ2n) is 6.74. The minimum absolute atomic E-state index is 0.00439. The summed E-state index contributed by atoms with van der Waals surface area (Å²) in [6.45, 7) is 4.51. The fraction of sp³-hybridized carbons (Fsp3) is 0.316. The third kappa shape index (κ3) is 3.25. The van der Waals surface area contributed by atoms with Gasteiger partial charge in [0.1, 0.15) is 12.3 Å². The van der Waals surface area contributed by atoms with E-state index in [0.29, 0.717) is 30.9 Å². The van der Waals surface area contributed by atoms with Crippen molar-refractivity contribution in [1.29, 1.82) is 0 Å². The number of para-hydroxylation sites is 1. The van der Waals surface area contributed by atoms with E-state index in [2.05, 4.69) is 15.6 Å². The molecule has 0 saturated heterocycles. The van der Waals surface area contributed by atoms with E-state index in [9.17, 15) is 9.59 Å². The lowest BCUT2D eigenvalue weighted by atomic mass is 10.1. The second kappa shape index (κ2) is 6.79. The van der Waals surface area contributed by atoms with E-state index in [-0.39, 0.29) is 18.0 Å². The summed E-state index contributed by atoms with van der Waals surface area (Å²) in [6, 6.07) is 9.69. The van der Waals surface area contributed by atoms with Gasteiger partial charge in [-0.15, -0.1) is 0 Å². The molecular weight excluding hydrogens is 346 g/mol. The van der Waals surface area contributed by atoms with Gasteiger partial charge in [-0.3, -0.25) is 14.7 Å². The van der Waals surface area contributed by atoms with E-state index in [0.717, 1.165) is 22.7 Å². The zero-order valence-corrected chi connectivity index (χ0v) is 15.3. The Morgan fingerprint density at radius 1 is 1.30 bits per heavy atom. The predicted octanol–water partition coefficient (Wildman–Crippen LogP) is 2.11. The zero-order chi connectivity index (χ0) is 19.0. The molecule has 8 nitrogen and oxygen atoms in total. The van der Waals surface area contributed by atoms with E-state index < -0.39 is 0 Å². The predicted molar refractivity (Wildman–Crippen MR) is 99.9 cm³/mol. The number of amides is 1. The first-order valence-corrected chi connectivity index (χ1v) is 8.86. The normalized spacial score (nSPS) is 13.5. The van der Waals surface area contributed by atoms with E-state index >= 15 is 0 Å². The lowest BCUT2D eigenvalue weighted by Gasteiger charge is -2.26. The molecule has 8 heteroatoms. The average Bonchev–Trinajstić information content (AvgIpc) is 3.18. The van der Waals surface area contributed by atoms with Crippen molar-refractivity contribution in [2.24, 2.45) is 0 Å². The molecule has 0 bridgehead atoms. The summed E-state index contributed by atoms with van der Waals surface area (Å²) in [5.41, 5.74) is 3.04. The Hall–Kier alpha value is -3.29. The summed E-state index contributed by atoms with van der Waals surface area (Å²) >= 11 is 0. The van der Waals surface area contributed by atoms with Crippen LogP contribution in [0, 0.1) is 13.8 Å². The van der Waals surface area contributed by atoms with Crippen molar-refractivity contribution in [2.75, 3.05) is 11.9 Å². The molecular formula is C19H21N5O3. The van der Waals surface area contributed by atoms with Gasteiger partial charge in [0.15, 0.2) is 5.82 Å². The number of rotatable bonds is 4. The van der Waals surface area contributed by atoms with E-state index in [1.165, 1.54) is 4.68 Å². The molecule has 1 amide bonds. The smallest absolute Gasteiger partial charge is 0.270 e. The molecule has 1 aromatic carbocycles. The summed E-state index contributed by atoms with van der Waals surface area (Å²) in [5.74, 6) is 1.30. The van der Waals surface area contributed by atoms with Crippen LogP contribution in [0.1, 0.15) is 22.6 Å². The Balaban J connectivity index is 1.50. The van der Waals surface area contributed by atoms with E-state index in [1.54, 1.807) is 11.8 Å². The molecule has 3 heterocycles. The minimum atomic E-state index is -0.157. The maximum Gasteiger partial charge on any atom is 0.270 e. The largest absolute Gasteiger partial charge is 0.359 e. The number of nitrogens with zero attached hydrogens (tertiary/aromatic N) is 3. The van der Waals surface area contributed by atoms with Gasteiger partial charge in [0.05, 0.1) is 12.1 Å². The van der Waals surface area contributed by atoms with Crippen molar-refractivity contribution < 1.29 is 9.32 Å². The number of hydrogen-bond acceptors (Lipinski definition) is 5. The van der Waals surface area contributed by atoms with Crippen molar-refractivity contribution in [1.82, 2.24) is 19.8 Å². The standard InChI is InChI=1S/C19H21N5O3/c1-12-13(2)21-24(19(12)26)11-17(25)23-9-8-16-15(10-23)18(22-27-16)20-14-6-4-3-5-7-14/h3-7,21H,8-11H2,1-2H3,(H,20,22). The monoisotopic (exact) mass is 367 g/mol. The van der Waals surface area contributed by atoms with E-state index in [4.69, 9.17) is 4.52 Å². The fourth-order valence-corrected chi connectivity index (χ4v) is 3.22. The summed E-state index contributed by atoms with van der Waals surface area (Å²) in [6.07, 6.45) is 0.599. The molecule has 140 valence electrons. The van der Waals surface area contributed by atoms with Crippen LogP contribution in [0.3, 0.4) is 0 Å². The average molecular weight is 367 g/mol. The van der Waals surface area contributed by atoms with Crippen molar-refractivity contribution in [2.45, 2.75) is 33.4 Å². The second-order valence-corrected chi connectivity index (χ2v) is 6.74. The number of carbonyl (C=O) groups is 1. The summed E-state index contributed by atoms with van der Waals surface area (Å²) in [5, 5.41) is 10.3. The van der Waals surface area contributed by atoms with Crippen molar-refractivity contribution >= 4 is 17.4 Å². The molecule has 4 rings (SSSR count). The van der Waals surface area contributed by atoms with Gasteiger partial charge < -0.3 is 14.7 Å². The molecule has 0 aliphatic carbocycles. The highest BCUT2D eigenvalue weighted by Gasteiger charge is 2.27. The Labute approximate surface area is 155 Å². The van der Waals surface area contributed by atoms with Crippen LogP contribution in [-0.4, -0.2) is 32.3 Å². The fourth-order valence-electron chi connectivity index (χ4n) is 3.22. The number of hydrogen-bond donors (Lipinski definition) is 2. The summed E-state index contributed by atoms with van der Waals surface area (Å²) in [4.78, 5) is 26.6. The van der Waals surface area contributed by atoms with Gasteiger partial charge in [-0.2, -0.15) is 0 Å². The number of anilines is 2. The molecule has 0 fully saturated rings. The number of H-pyrrole nitrogens is 1. The van der Waals surface area contributed by atoms with Crippen LogP contribution in [-0.2, 0) is 24.3 Å². The van der Waals surface area contributed by atoms with Gasteiger partial charge in [0.25, 0.3) is 5.56 Å². The van der Waals surface area contributed by atoms with Crippen molar-refractivity contribution in [3.05, 3.63) is 63.3 Å². The first-order valence-electron chi connectivity index (χ1n) is 8.86. The van der Waals surface area contributed by atoms with Crippen LogP contribution >= 0.6 is 0 Å². The SMILES string of the molecule is Cc1[nH]n(CC(=O)N2CCc3onc(Nc4ccccc4)c3C2)c(=O)c1C. The highest BCUT2D eigenvalue weighted by molar-refractivity contribution is 5.76. The summed E-state index contributed by atoms with van der Waals surface area (Å²) in [7, 11) is 0. The van der Waals surface area contributed by atoms with Crippen LogP contribution in [0.15, 0.2) is 39.6 Å². The highest BCUT2D eigenvalue weighted by Crippen LogP contribution is 2.28. The molecule has 0 atom stereocenters. The first-order chi connectivity index (χ1) is 13.0. The van der Waals surface area contributed by atoms with Gasteiger partial charge in [-0.05, 0) is 26.0 Å². The molecule has 0 unspecified atom stereocenters. The van der Waals surface area contributed by atoms with Crippen LogP contribution in [0.2, 0.25) is 0 Å². The lowest BCUT2D eigenvalue weighted by molar-refractivity contribution is -0.133. The number of fused-ring (bicyclic) bond motifs is 1. The molecule has 3 aromatic rings. The molecule has 0 radical (unpaired) electrons. The van der Waals surface area contributed by atoms with Crippen LogP contribution in [0.5, 0.6) is 0 Å². The molecule has 2 aromatic heterocycles. The molecule has 27 heavy (non-hydrogen) atoms. The van der Waals surface area contributed by atoms with Crippen molar-refractivity contribution in [3.8, 4) is 0 Å². The van der Waals surface area contributed by atoms with Gasteiger partial charge in [0.2, 0.25) is 5.91 Å². The maximum atomic E-state index is 12.7. The van der Waals surface area contributed by atoms with Crippen LogP contribution < -0.4 is 10.9 Å². The Kier molecular flexibility index (Phi) is 4.31. The zero-order valence-electron chi connectivity index (χ0n) is 15.3. The lowest BCUT2D eigenvalue weighted by Crippen LogP contribution is -2.39. The topological polar surface area (TPSA) is 96.2 Å². The van der Waals surface area contributed by atoms with Crippen LogP contribution in [0.4, 0.5) is 11.5 Å². The highest BCUT2D eigenvalue weighted by atomic mass is 16.5. The van der Waals surface area contributed by atoms with Gasteiger partial charge in [-0.25, -0.2) is 4.68 Å². The van der Waals surface area contributed by atoms with E-state index in [1.807, 2.05) is 37.3 Å². The van der Waals surface area contributed by atoms with Gasteiger partial charge in [-0.1, -0.05) is 23.4 Å². The third-order valence-electron chi connectivity index (χ3n) is 4.94. The Morgan fingerprint density at radius 2 is 2.07 bits per heavy atom. The molecule has 1 aliphatic heterocycles. The Morgan fingerprint density at radius 3 is 2.78 bits per heavy atom. The molecule has 0 spiro atoms. The Bertz CT molecular complexity index is 1030. The number of carbonyl (C=O) groups excluding carboxylic acids is 1. The van der Waals surface area contributed by atoms with Gasteiger partial charge >= 0.3 is 0 Å². The molecule has 0 saturated carbocycles. The van der Waals surface area contributed by atoms with Crippen LogP contribution in [0.25, 0.3) is 0 Å². The quantitative estimate of drug-likeness (QED) is 0.736. The first kappa shape index (κ1) is 17.1. The van der Waals surface area contributed by atoms with Crippen molar-refractivity contribution in [3.63, 3.8) is 0 Å². The van der Waals surface area contributed by atoms with Gasteiger partial charge in [0, 0.05) is 29.9 Å². The number of aryl methyl sites for hydroxylation is 1. The number of aromatic amines is 1. The molecule has 1 aliphatic rings. The molecule has 2 N–H and O–H groups in total. The number of nitrogens with one attached hydrogen (secondary N) is 2. The minimum Gasteiger partial charge on any atom is -0.359 e. The maximum absolute atomic E-state index is 12.7. The number of aromatic nitrogens is 3.